The first kappa shape index (κ1) is 9.79. The third kappa shape index (κ3) is 1.89. The first-order valence-electron chi connectivity index (χ1n) is 4.72. The lowest BCUT2D eigenvalue weighted by molar-refractivity contribution is -0.0406. The second-order valence-corrected chi connectivity index (χ2v) is 5.04. The van der Waals surface area contributed by atoms with Gasteiger partial charge in [0.1, 0.15) is 0 Å². The maximum absolute atomic E-state index is 9.89. The van der Waals surface area contributed by atoms with E-state index < -0.39 is 5.60 Å². The highest BCUT2D eigenvalue weighted by molar-refractivity contribution is 4.98. The second kappa shape index (κ2) is 2.88. The molecule has 1 rings (SSSR count). The van der Waals surface area contributed by atoms with Gasteiger partial charge in [-0.2, -0.15) is 0 Å². The summed E-state index contributed by atoms with van der Waals surface area (Å²) in [6.45, 7) is 10.2. The predicted molar refractivity (Wildman–Crippen MR) is 51.9 cm³/mol. The summed E-state index contributed by atoms with van der Waals surface area (Å²) in [5.41, 5.74) is -0.244. The molecular weight excluding hydrogens is 148 g/mol. The summed E-state index contributed by atoms with van der Waals surface area (Å²) < 4.78 is 0. The van der Waals surface area contributed by atoms with Crippen LogP contribution in [0.1, 0.15) is 40.0 Å². The number of hydrogen-bond donors (Lipinski definition) is 1. The highest BCUT2D eigenvalue weighted by Gasteiger charge is 2.40. The van der Waals surface area contributed by atoms with E-state index in [9.17, 15) is 5.11 Å². The summed E-state index contributed by atoms with van der Waals surface area (Å²) in [6, 6.07) is 0. The fraction of sp³-hybridized carbons (Fsp3) is 0.818. The Bertz CT molecular complexity index is 179. The minimum Gasteiger partial charge on any atom is -0.390 e. The van der Waals surface area contributed by atoms with Crippen molar-refractivity contribution in [3.05, 3.63) is 12.7 Å². The van der Waals surface area contributed by atoms with Gasteiger partial charge in [0.15, 0.2) is 0 Å². The van der Waals surface area contributed by atoms with Crippen LogP contribution in [0, 0.1) is 11.3 Å². The van der Waals surface area contributed by atoms with Gasteiger partial charge in [0.25, 0.3) is 0 Å². The third-order valence-electron chi connectivity index (χ3n) is 3.12. The largest absolute Gasteiger partial charge is 0.390 e. The number of allylic oxidation sites excluding steroid dienone is 1. The van der Waals surface area contributed by atoms with Gasteiger partial charge in [0.2, 0.25) is 0 Å². The van der Waals surface area contributed by atoms with Crippen molar-refractivity contribution in [1.29, 1.82) is 0 Å². The second-order valence-electron chi connectivity index (χ2n) is 5.04. The van der Waals surface area contributed by atoms with E-state index in [2.05, 4.69) is 20.4 Å². The van der Waals surface area contributed by atoms with Crippen LogP contribution in [0.5, 0.6) is 0 Å². The molecule has 1 fully saturated rings. The Labute approximate surface area is 75.5 Å². The molecule has 1 heteroatoms. The highest BCUT2D eigenvalue weighted by Crippen LogP contribution is 2.45. The topological polar surface area (TPSA) is 20.2 Å². The number of aliphatic hydroxyl groups is 1. The molecule has 0 radical (unpaired) electrons. The van der Waals surface area contributed by atoms with Gasteiger partial charge < -0.3 is 5.11 Å². The van der Waals surface area contributed by atoms with Gasteiger partial charge in [0.05, 0.1) is 5.60 Å². The summed E-state index contributed by atoms with van der Waals surface area (Å²) in [4.78, 5) is 0. The fourth-order valence-electron chi connectivity index (χ4n) is 2.50. The Balaban J connectivity index is 2.73. The lowest BCUT2D eigenvalue weighted by Gasteiger charge is -2.44. The zero-order valence-corrected chi connectivity index (χ0v) is 8.43. The van der Waals surface area contributed by atoms with Crippen molar-refractivity contribution in [3.8, 4) is 0 Å². The van der Waals surface area contributed by atoms with Gasteiger partial charge in [0, 0.05) is 0 Å². The highest BCUT2D eigenvalue weighted by atomic mass is 16.3. The van der Waals surface area contributed by atoms with Gasteiger partial charge in [-0.05, 0) is 37.5 Å². The van der Waals surface area contributed by atoms with E-state index in [0.29, 0.717) is 5.92 Å². The first-order valence-corrected chi connectivity index (χ1v) is 4.72. The first-order chi connectivity index (χ1) is 5.37. The molecule has 0 heterocycles. The van der Waals surface area contributed by atoms with Gasteiger partial charge in [-0.15, -0.1) is 6.58 Å². The minimum absolute atomic E-state index is 0.212. The van der Waals surface area contributed by atoms with Crippen molar-refractivity contribution < 1.29 is 5.11 Å². The van der Waals surface area contributed by atoms with Crippen LogP contribution in [0.25, 0.3) is 0 Å². The zero-order chi connectivity index (χ0) is 9.41. The number of hydrogen-bond acceptors (Lipinski definition) is 1. The van der Waals surface area contributed by atoms with Gasteiger partial charge in [-0.1, -0.05) is 19.9 Å². The summed E-state index contributed by atoms with van der Waals surface area (Å²) in [5, 5.41) is 9.89. The molecule has 0 amide bonds. The van der Waals surface area contributed by atoms with Crippen molar-refractivity contribution in [1.82, 2.24) is 0 Å². The molecule has 0 aromatic heterocycles. The molecule has 1 saturated carbocycles. The monoisotopic (exact) mass is 168 g/mol. The van der Waals surface area contributed by atoms with Crippen LogP contribution in [0.2, 0.25) is 0 Å². The summed E-state index contributed by atoms with van der Waals surface area (Å²) in [5.74, 6) is 0.567. The predicted octanol–water partition coefficient (Wildman–Crippen LogP) is 2.75. The summed E-state index contributed by atoms with van der Waals surface area (Å²) in [7, 11) is 0. The van der Waals surface area contributed by atoms with E-state index in [4.69, 9.17) is 0 Å². The zero-order valence-electron chi connectivity index (χ0n) is 8.43. The molecular formula is C11H20O. The maximum atomic E-state index is 9.89. The quantitative estimate of drug-likeness (QED) is 0.597. The Morgan fingerprint density at radius 2 is 2.00 bits per heavy atom. The van der Waals surface area contributed by atoms with Crippen molar-refractivity contribution in [3.63, 3.8) is 0 Å². The Morgan fingerprint density at radius 3 is 2.42 bits per heavy atom. The van der Waals surface area contributed by atoms with Crippen LogP contribution >= 0.6 is 0 Å². The molecule has 2 atom stereocenters. The van der Waals surface area contributed by atoms with Crippen LogP contribution < -0.4 is 0 Å². The van der Waals surface area contributed by atoms with E-state index in [-0.39, 0.29) is 5.41 Å². The molecule has 0 aromatic rings. The Kier molecular flexibility index (Phi) is 2.35. The lowest BCUT2D eigenvalue weighted by atomic mass is 9.64. The third-order valence-corrected chi connectivity index (χ3v) is 3.12. The Morgan fingerprint density at radius 1 is 1.42 bits per heavy atom. The van der Waals surface area contributed by atoms with E-state index >= 15 is 0 Å². The molecule has 0 aliphatic heterocycles. The molecule has 1 N–H and O–H groups in total. The van der Waals surface area contributed by atoms with E-state index in [1.54, 1.807) is 0 Å². The van der Waals surface area contributed by atoms with Crippen LogP contribution in [0.15, 0.2) is 12.7 Å². The van der Waals surface area contributed by atoms with Gasteiger partial charge in [-0.25, -0.2) is 0 Å². The van der Waals surface area contributed by atoms with Gasteiger partial charge in [-0.3, -0.25) is 0 Å². The molecule has 1 aliphatic carbocycles. The SMILES string of the molecule is C=C[C@H]1CC[C@](C)(O)CC1(C)C. The standard InChI is InChI=1S/C11H20O/c1-5-9-6-7-11(4,12)8-10(9,2)3/h5,9,12H,1,6-8H2,2-4H3/t9-,11-/m0/s1. The molecule has 0 spiro atoms. The lowest BCUT2D eigenvalue weighted by Crippen LogP contribution is -2.40. The molecule has 0 saturated heterocycles. The molecule has 12 heavy (non-hydrogen) atoms. The van der Waals surface area contributed by atoms with E-state index in [1.807, 2.05) is 13.0 Å². The fourth-order valence-corrected chi connectivity index (χ4v) is 2.50. The molecule has 0 unspecified atom stereocenters. The van der Waals surface area contributed by atoms with Crippen LogP contribution in [-0.2, 0) is 0 Å². The van der Waals surface area contributed by atoms with Crippen molar-refractivity contribution in [2.45, 2.75) is 45.6 Å². The molecule has 1 nitrogen and oxygen atoms in total. The Hall–Kier alpha value is -0.300. The number of rotatable bonds is 1. The van der Waals surface area contributed by atoms with Crippen LogP contribution in [-0.4, -0.2) is 10.7 Å². The molecule has 70 valence electrons. The molecule has 0 aromatic carbocycles. The summed E-state index contributed by atoms with van der Waals surface area (Å²) in [6.07, 6.45) is 4.91. The van der Waals surface area contributed by atoms with Crippen LogP contribution in [0.3, 0.4) is 0 Å². The van der Waals surface area contributed by atoms with E-state index in [1.165, 1.54) is 0 Å². The van der Waals surface area contributed by atoms with Crippen molar-refractivity contribution in [2.24, 2.45) is 11.3 Å². The molecule has 0 bridgehead atoms. The normalized spacial score (nSPS) is 40.8. The summed E-state index contributed by atoms with van der Waals surface area (Å²) >= 11 is 0. The van der Waals surface area contributed by atoms with Crippen LogP contribution in [0.4, 0.5) is 0 Å². The van der Waals surface area contributed by atoms with Gasteiger partial charge >= 0.3 is 0 Å². The maximum Gasteiger partial charge on any atom is 0.0625 e. The van der Waals surface area contributed by atoms with E-state index in [0.717, 1.165) is 19.3 Å². The minimum atomic E-state index is -0.455. The molecule has 1 aliphatic rings. The van der Waals surface area contributed by atoms with Crippen molar-refractivity contribution in [2.75, 3.05) is 0 Å². The average molecular weight is 168 g/mol. The van der Waals surface area contributed by atoms with Crippen molar-refractivity contribution >= 4 is 0 Å². The average Bonchev–Trinajstić information content (AvgIpc) is 1.83. The smallest absolute Gasteiger partial charge is 0.0625 e.